The Labute approximate surface area is 157 Å². The summed E-state index contributed by atoms with van der Waals surface area (Å²) in [5.74, 6) is 1.07. The summed E-state index contributed by atoms with van der Waals surface area (Å²) in [5.41, 5.74) is 6.35. The Bertz CT molecular complexity index is 785. The second kappa shape index (κ2) is 9.38. The van der Waals surface area contributed by atoms with Gasteiger partial charge in [-0.3, -0.25) is 0 Å². The van der Waals surface area contributed by atoms with E-state index in [0.717, 1.165) is 30.8 Å². The molecule has 0 fully saturated rings. The molecule has 0 amide bonds. The first-order valence-corrected chi connectivity index (χ1v) is 10.0. The van der Waals surface area contributed by atoms with Crippen molar-refractivity contribution in [1.29, 1.82) is 0 Å². The molecule has 0 aliphatic rings. The van der Waals surface area contributed by atoms with Crippen molar-refractivity contribution in [1.82, 2.24) is 9.97 Å². The molecule has 2 nitrogen and oxygen atoms in total. The molecule has 2 aromatic carbocycles. The minimum atomic E-state index is 0.857. The van der Waals surface area contributed by atoms with Gasteiger partial charge < -0.3 is 4.98 Å². The zero-order valence-electron chi connectivity index (χ0n) is 16.1. The number of hydrogen-bond donors (Lipinski definition) is 1. The third kappa shape index (κ3) is 4.85. The van der Waals surface area contributed by atoms with Crippen LogP contribution in [0.15, 0.2) is 54.6 Å². The van der Waals surface area contributed by atoms with Crippen molar-refractivity contribution in [2.45, 2.75) is 58.8 Å². The van der Waals surface area contributed by atoms with Crippen LogP contribution in [0.4, 0.5) is 0 Å². The van der Waals surface area contributed by atoms with Crippen LogP contribution in [-0.4, -0.2) is 9.97 Å². The summed E-state index contributed by atoms with van der Waals surface area (Å²) >= 11 is 0. The fraction of sp³-hybridized carbons (Fsp3) is 0.375. The molecule has 0 saturated carbocycles. The van der Waals surface area contributed by atoms with Crippen LogP contribution in [-0.2, 0) is 19.3 Å². The van der Waals surface area contributed by atoms with Gasteiger partial charge in [-0.05, 0) is 30.4 Å². The summed E-state index contributed by atoms with van der Waals surface area (Å²) in [5, 5.41) is 0. The summed E-state index contributed by atoms with van der Waals surface area (Å²) in [4.78, 5) is 8.59. The van der Waals surface area contributed by atoms with E-state index in [9.17, 15) is 0 Å². The fourth-order valence-corrected chi connectivity index (χ4v) is 3.43. The minimum Gasteiger partial charge on any atom is -0.345 e. The van der Waals surface area contributed by atoms with E-state index in [1.807, 2.05) is 0 Å². The molecule has 136 valence electrons. The molecule has 0 unspecified atom stereocenters. The van der Waals surface area contributed by atoms with Crippen LogP contribution >= 0.6 is 0 Å². The zero-order chi connectivity index (χ0) is 18.2. The van der Waals surface area contributed by atoms with Crippen molar-refractivity contribution in [2.75, 3.05) is 0 Å². The van der Waals surface area contributed by atoms with Gasteiger partial charge in [0.25, 0.3) is 0 Å². The van der Waals surface area contributed by atoms with Crippen LogP contribution in [0.2, 0.25) is 0 Å². The number of nitrogens with one attached hydrogen (secondary N) is 1. The van der Waals surface area contributed by atoms with E-state index in [2.05, 4.69) is 73.4 Å². The highest BCUT2D eigenvalue weighted by molar-refractivity contribution is 5.62. The zero-order valence-corrected chi connectivity index (χ0v) is 16.1. The first kappa shape index (κ1) is 18.4. The van der Waals surface area contributed by atoms with Crippen molar-refractivity contribution in [3.8, 4) is 11.3 Å². The number of nitrogens with zero attached hydrogens (tertiary/aromatic N) is 1. The Morgan fingerprint density at radius 2 is 1.54 bits per heavy atom. The second-order valence-corrected chi connectivity index (χ2v) is 7.08. The van der Waals surface area contributed by atoms with E-state index in [1.165, 1.54) is 48.1 Å². The lowest BCUT2D eigenvalue weighted by Gasteiger charge is -2.04. The number of benzene rings is 2. The third-order valence-electron chi connectivity index (χ3n) is 4.84. The van der Waals surface area contributed by atoms with E-state index < -0.39 is 0 Å². The molecule has 0 saturated heterocycles. The van der Waals surface area contributed by atoms with E-state index in [-0.39, 0.29) is 0 Å². The maximum Gasteiger partial charge on any atom is 0.111 e. The summed E-state index contributed by atoms with van der Waals surface area (Å²) < 4.78 is 0. The number of aromatic amines is 1. The van der Waals surface area contributed by atoms with Gasteiger partial charge >= 0.3 is 0 Å². The molecular weight excluding hydrogens is 316 g/mol. The smallest absolute Gasteiger partial charge is 0.111 e. The first-order valence-electron chi connectivity index (χ1n) is 10.0. The lowest BCUT2D eigenvalue weighted by Crippen LogP contribution is -1.91. The Hall–Kier alpha value is -2.35. The quantitative estimate of drug-likeness (QED) is 0.449. The monoisotopic (exact) mass is 346 g/mol. The maximum atomic E-state index is 4.97. The molecule has 0 spiro atoms. The van der Waals surface area contributed by atoms with Crippen LogP contribution in [0.3, 0.4) is 0 Å². The molecule has 0 atom stereocenters. The summed E-state index contributed by atoms with van der Waals surface area (Å²) in [6.07, 6.45) is 7.98. The average molecular weight is 347 g/mol. The van der Waals surface area contributed by atoms with Gasteiger partial charge in [0, 0.05) is 17.7 Å². The third-order valence-corrected chi connectivity index (χ3v) is 4.84. The van der Waals surface area contributed by atoms with Crippen LogP contribution < -0.4 is 0 Å². The molecule has 0 radical (unpaired) electrons. The van der Waals surface area contributed by atoms with Gasteiger partial charge in [0.2, 0.25) is 0 Å². The van der Waals surface area contributed by atoms with Gasteiger partial charge in [-0.2, -0.15) is 0 Å². The van der Waals surface area contributed by atoms with Crippen molar-refractivity contribution in [2.24, 2.45) is 0 Å². The lowest BCUT2D eigenvalue weighted by atomic mass is 10.0. The number of rotatable bonds is 9. The standard InChI is InChI=1S/C24H30N2/c1-3-5-7-13-22-24(21-16-14-19(10-4-2)15-17-21)26-23(25-22)18-20-11-8-6-9-12-20/h6,8-9,11-12,14-17H,3-5,7,10,13,18H2,1-2H3,(H,25,26). The van der Waals surface area contributed by atoms with E-state index >= 15 is 0 Å². The molecule has 0 aliphatic heterocycles. The first-order chi connectivity index (χ1) is 12.8. The van der Waals surface area contributed by atoms with Crippen molar-refractivity contribution in [3.05, 3.63) is 77.2 Å². The Morgan fingerprint density at radius 3 is 2.23 bits per heavy atom. The van der Waals surface area contributed by atoms with E-state index in [1.54, 1.807) is 0 Å². The largest absolute Gasteiger partial charge is 0.345 e. The second-order valence-electron chi connectivity index (χ2n) is 7.08. The average Bonchev–Trinajstić information content (AvgIpc) is 3.06. The van der Waals surface area contributed by atoms with Crippen LogP contribution in [0, 0.1) is 0 Å². The maximum absolute atomic E-state index is 4.97. The Balaban J connectivity index is 1.85. The summed E-state index contributed by atoms with van der Waals surface area (Å²) in [7, 11) is 0. The molecular formula is C24H30N2. The highest BCUT2D eigenvalue weighted by Crippen LogP contribution is 2.25. The summed E-state index contributed by atoms with van der Waals surface area (Å²) in [6.45, 7) is 4.48. The van der Waals surface area contributed by atoms with Gasteiger partial charge in [0.15, 0.2) is 0 Å². The molecule has 0 bridgehead atoms. The topological polar surface area (TPSA) is 28.7 Å². The molecule has 1 aromatic heterocycles. The van der Waals surface area contributed by atoms with Crippen LogP contribution in [0.1, 0.15) is 62.2 Å². The fourth-order valence-electron chi connectivity index (χ4n) is 3.43. The number of aromatic nitrogens is 2. The predicted molar refractivity (Wildman–Crippen MR) is 110 cm³/mol. The Morgan fingerprint density at radius 1 is 0.769 bits per heavy atom. The number of hydrogen-bond acceptors (Lipinski definition) is 1. The van der Waals surface area contributed by atoms with Gasteiger partial charge in [-0.15, -0.1) is 0 Å². The molecule has 2 heteroatoms. The number of H-pyrrole nitrogens is 1. The summed E-state index contributed by atoms with van der Waals surface area (Å²) in [6, 6.07) is 19.5. The number of aryl methyl sites for hydroxylation is 2. The van der Waals surface area contributed by atoms with Crippen LogP contribution in [0.5, 0.6) is 0 Å². The van der Waals surface area contributed by atoms with Crippen LogP contribution in [0.25, 0.3) is 11.3 Å². The molecule has 0 aliphatic carbocycles. The van der Waals surface area contributed by atoms with Gasteiger partial charge in [0.05, 0.1) is 5.69 Å². The normalized spacial score (nSPS) is 11.0. The van der Waals surface area contributed by atoms with Crippen molar-refractivity contribution in [3.63, 3.8) is 0 Å². The molecule has 1 N–H and O–H groups in total. The predicted octanol–water partition coefficient (Wildman–Crippen LogP) is 6.35. The van der Waals surface area contributed by atoms with E-state index in [0.29, 0.717) is 0 Å². The van der Waals surface area contributed by atoms with Crippen molar-refractivity contribution < 1.29 is 0 Å². The van der Waals surface area contributed by atoms with Gasteiger partial charge in [0.1, 0.15) is 5.82 Å². The number of imidazole rings is 1. The number of unbranched alkanes of at least 4 members (excludes halogenated alkanes) is 2. The highest BCUT2D eigenvalue weighted by atomic mass is 14.9. The lowest BCUT2D eigenvalue weighted by molar-refractivity contribution is 0.709. The highest BCUT2D eigenvalue weighted by Gasteiger charge is 2.12. The molecule has 1 heterocycles. The SMILES string of the molecule is CCCCCc1[nH]c(Cc2ccccc2)nc1-c1ccc(CCC)cc1. The van der Waals surface area contributed by atoms with E-state index in [4.69, 9.17) is 4.98 Å². The van der Waals surface area contributed by atoms with Crippen molar-refractivity contribution >= 4 is 0 Å². The van der Waals surface area contributed by atoms with Gasteiger partial charge in [-0.1, -0.05) is 87.7 Å². The minimum absolute atomic E-state index is 0.857. The molecule has 26 heavy (non-hydrogen) atoms. The molecule has 3 rings (SSSR count). The van der Waals surface area contributed by atoms with Gasteiger partial charge in [-0.25, -0.2) is 4.98 Å². The molecule has 3 aromatic rings. The Kier molecular flexibility index (Phi) is 6.65.